The number of hydrogen-bond acceptors (Lipinski definition) is 2. The second-order valence-corrected chi connectivity index (χ2v) is 7.15. The SMILES string of the molecule is Cc1ccc(CC2CCN(CCC#Cc3ccc(N)cc3)CC2)cc1. The molecule has 0 amide bonds. The minimum absolute atomic E-state index is 0.791. The summed E-state index contributed by atoms with van der Waals surface area (Å²) >= 11 is 0. The van der Waals surface area contributed by atoms with E-state index in [0.717, 1.165) is 30.1 Å². The molecule has 130 valence electrons. The highest BCUT2D eigenvalue weighted by atomic mass is 15.1. The largest absolute Gasteiger partial charge is 0.399 e. The van der Waals surface area contributed by atoms with E-state index < -0.39 is 0 Å². The summed E-state index contributed by atoms with van der Waals surface area (Å²) in [4.78, 5) is 2.56. The molecule has 1 saturated heterocycles. The topological polar surface area (TPSA) is 29.3 Å². The number of rotatable bonds is 4. The average molecular weight is 332 g/mol. The first-order valence-electron chi connectivity index (χ1n) is 9.31. The lowest BCUT2D eigenvalue weighted by atomic mass is 9.90. The summed E-state index contributed by atoms with van der Waals surface area (Å²) in [6.45, 7) is 5.65. The molecule has 1 aliphatic rings. The van der Waals surface area contributed by atoms with Gasteiger partial charge in [-0.3, -0.25) is 0 Å². The van der Waals surface area contributed by atoms with Crippen LogP contribution in [0.25, 0.3) is 0 Å². The second-order valence-electron chi connectivity index (χ2n) is 7.15. The summed E-state index contributed by atoms with van der Waals surface area (Å²) in [7, 11) is 0. The van der Waals surface area contributed by atoms with Crippen molar-refractivity contribution in [3.63, 3.8) is 0 Å². The fourth-order valence-corrected chi connectivity index (χ4v) is 3.42. The van der Waals surface area contributed by atoms with Gasteiger partial charge in [-0.2, -0.15) is 0 Å². The quantitative estimate of drug-likeness (QED) is 0.669. The van der Waals surface area contributed by atoms with Crippen molar-refractivity contribution in [3.05, 3.63) is 65.2 Å². The first-order chi connectivity index (χ1) is 12.2. The molecule has 2 aromatic rings. The van der Waals surface area contributed by atoms with Gasteiger partial charge < -0.3 is 10.6 Å². The number of anilines is 1. The van der Waals surface area contributed by atoms with Crippen molar-refractivity contribution in [1.29, 1.82) is 0 Å². The van der Waals surface area contributed by atoms with E-state index in [1.54, 1.807) is 0 Å². The van der Waals surface area contributed by atoms with Crippen LogP contribution in [-0.4, -0.2) is 24.5 Å². The molecule has 2 N–H and O–H groups in total. The van der Waals surface area contributed by atoms with Crippen LogP contribution in [0.15, 0.2) is 48.5 Å². The van der Waals surface area contributed by atoms with Gasteiger partial charge in [-0.15, -0.1) is 0 Å². The Morgan fingerprint density at radius 1 is 1.00 bits per heavy atom. The van der Waals surface area contributed by atoms with Gasteiger partial charge >= 0.3 is 0 Å². The van der Waals surface area contributed by atoms with Crippen molar-refractivity contribution in [2.75, 3.05) is 25.4 Å². The number of nitrogen functional groups attached to an aromatic ring is 1. The van der Waals surface area contributed by atoms with Crippen molar-refractivity contribution in [3.8, 4) is 11.8 Å². The van der Waals surface area contributed by atoms with Gasteiger partial charge in [0.25, 0.3) is 0 Å². The standard InChI is InChI=1S/C23H28N2/c1-19-5-7-21(8-6-19)18-22-13-16-25(17-14-22)15-3-2-4-20-9-11-23(24)12-10-20/h5-12,22H,3,13-18,24H2,1H3. The van der Waals surface area contributed by atoms with E-state index in [1.165, 1.54) is 43.5 Å². The van der Waals surface area contributed by atoms with Gasteiger partial charge in [-0.05, 0) is 75.0 Å². The van der Waals surface area contributed by atoms with Crippen molar-refractivity contribution >= 4 is 5.69 Å². The van der Waals surface area contributed by atoms with Crippen molar-refractivity contribution in [2.24, 2.45) is 5.92 Å². The predicted molar refractivity (Wildman–Crippen MR) is 106 cm³/mol. The molecule has 3 rings (SSSR count). The molecule has 2 heteroatoms. The molecule has 2 aromatic carbocycles. The predicted octanol–water partition coefficient (Wildman–Crippen LogP) is 4.27. The van der Waals surface area contributed by atoms with Gasteiger partial charge in [0, 0.05) is 24.2 Å². The Hall–Kier alpha value is -2.24. The third kappa shape index (κ3) is 5.66. The summed E-state index contributed by atoms with van der Waals surface area (Å²) < 4.78 is 0. The Labute approximate surface area is 152 Å². The second kappa shape index (κ2) is 8.74. The van der Waals surface area contributed by atoms with Gasteiger partial charge in [-0.1, -0.05) is 41.7 Å². The minimum Gasteiger partial charge on any atom is -0.399 e. The van der Waals surface area contributed by atoms with Crippen LogP contribution in [0.4, 0.5) is 5.69 Å². The van der Waals surface area contributed by atoms with Gasteiger partial charge in [0.1, 0.15) is 0 Å². The number of benzene rings is 2. The lowest BCUT2D eigenvalue weighted by molar-refractivity contribution is 0.187. The number of nitrogens with two attached hydrogens (primary N) is 1. The highest BCUT2D eigenvalue weighted by Crippen LogP contribution is 2.22. The Bertz CT molecular complexity index is 711. The first kappa shape index (κ1) is 17.6. The number of aryl methyl sites for hydroxylation is 1. The van der Waals surface area contributed by atoms with E-state index in [0.29, 0.717) is 0 Å². The average Bonchev–Trinajstić information content (AvgIpc) is 2.63. The van der Waals surface area contributed by atoms with Crippen LogP contribution in [0.5, 0.6) is 0 Å². The third-order valence-corrected chi connectivity index (χ3v) is 5.05. The molecule has 0 spiro atoms. The fraction of sp³-hybridized carbons (Fsp3) is 0.391. The van der Waals surface area contributed by atoms with Gasteiger partial charge in [0.05, 0.1) is 0 Å². The van der Waals surface area contributed by atoms with E-state index >= 15 is 0 Å². The van der Waals surface area contributed by atoms with Crippen molar-refractivity contribution in [1.82, 2.24) is 4.90 Å². The van der Waals surface area contributed by atoms with E-state index in [9.17, 15) is 0 Å². The van der Waals surface area contributed by atoms with Crippen LogP contribution in [0.3, 0.4) is 0 Å². The Kier molecular flexibility index (Phi) is 6.14. The fourth-order valence-electron chi connectivity index (χ4n) is 3.42. The monoisotopic (exact) mass is 332 g/mol. The smallest absolute Gasteiger partial charge is 0.0314 e. The summed E-state index contributed by atoms with van der Waals surface area (Å²) in [5.74, 6) is 7.35. The van der Waals surface area contributed by atoms with Crippen LogP contribution >= 0.6 is 0 Å². The molecule has 0 unspecified atom stereocenters. The van der Waals surface area contributed by atoms with E-state index in [1.807, 2.05) is 24.3 Å². The number of nitrogens with zero attached hydrogens (tertiary/aromatic N) is 1. The summed E-state index contributed by atoms with van der Waals surface area (Å²) in [6, 6.07) is 16.8. The van der Waals surface area contributed by atoms with E-state index in [-0.39, 0.29) is 0 Å². The minimum atomic E-state index is 0.791. The van der Waals surface area contributed by atoms with Crippen molar-refractivity contribution in [2.45, 2.75) is 32.6 Å². The van der Waals surface area contributed by atoms with Crippen LogP contribution < -0.4 is 5.73 Å². The third-order valence-electron chi connectivity index (χ3n) is 5.05. The summed E-state index contributed by atoms with van der Waals surface area (Å²) in [5.41, 5.74) is 10.4. The lowest BCUT2D eigenvalue weighted by Crippen LogP contribution is -2.34. The summed E-state index contributed by atoms with van der Waals surface area (Å²) in [5, 5.41) is 0. The number of hydrogen-bond donors (Lipinski definition) is 1. The molecule has 0 aromatic heterocycles. The van der Waals surface area contributed by atoms with E-state index in [2.05, 4.69) is 47.9 Å². The molecule has 0 bridgehead atoms. The molecule has 0 atom stereocenters. The highest BCUT2D eigenvalue weighted by Gasteiger charge is 2.18. The Balaban J connectivity index is 1.38. The molecule has 2 nitrogen and oxygen atoms in total. The molecule has 0 aliphatic carbocycles. The van der Waals surface area contributed by atoms with Gasteiger partial charge in [-0.25, -0.2) is 0 Å². The molecular formula is C23H28N2. The molecule has 1 fully saturated rings. The maximum atomic E-state index is 5.69. The Morgan fingerprint density at radius 3 is 2.36 bits per heavy atom. The number of likely N-dealkylation sites (tertiary alicyclic amines) is 1. The zero-order chi connectivity index (χ0) is 17.5. The Morgan fingerprint density at radius 2 is 1.68 bits per heavy atom. The molecule has 1 aliphatic heterocycles. The van der Waals surface area contributed by atoms with Crippen LogP contribution in [0.1, 0.15) is 36.0 Å². The molecule has 25 heavy (non-hydrogen) atoms. The normalized spacial score (nSPS) is 15.6. The number of piperidine rings is 1. The lowest BCUT2D eigenvalue weighted by Gasteiger charge is -2.31. The highest BCUT2D eigenvalue weighted by molar-refractivity contribution is 5.44. The van der Waals surface area contributed by atoms with Crippen LogP contribution in [-0.2, 0) is 6.42 Å². The van der Waals surface area contributed by atoms with Crippen LogP contribution in [0.2, 0.25) is 0 Å². The zero-order valence-electron chi connectivity index (χ0n) is 15.2. The molecule has 1 heterocycles. The van der Waals surface area contributed by atoms with Crippen LogP contribution in [0, 0.1) is 24.7 Å². The molecular weight excluding hydrogens is 304 g/mol. The van der Waals surface area contributed by atoms with Crippen molar-refractivity contribution < 1.29 is 0 Å². The maximum absolute atomic E-state index is 5.69. The van der Waals surface area contributed by atoms with Gasteiger partial charge in [0.2, 0.25) is 0 Å². The molecule has 0 saturated carbocycles. The first-order valence-corrected chi connectivity index (χ1v) is 9.31. The maximum Gasteiger partial charge on any atom is 0.0314 e. The molecule has 0 radical (unpaired) electrons. The van der Waals surface area contributed by atoms with E-state index in [4.69, 9.17) is 5.73 Å². The summed E-state index contributed by atoms with van der Waals surface area (Å²) in [6.07, 6.45) is 4.77. The zero-order valence-corrected chi connectivity index (χ0v) is 15.2. The van der Waals surface area contributed by atoms with Gasteiger partial charge in [0.15, 0.2) is 0 Å².